The van der Waals surface area contributed by atoms with Gasteiger partial charge in [-0.25, -0.2) is 9.36 Å². The summed E-state index contributed by atoms with van der Waals surface area (Å²) in [6, 6.07) is 12.7. The Bertz CT molecular complexity index is 1510. The standard InChI is InChI=1S/C28H37N4O9P/c1-5-6-16-38-25(34)17(2)31-42(37,41-21-13-9-11-19-10-7-8-12-20(19)21)40-18(3)23-24(33)28(4,36)26(39-23)32-15-14-22(29)30-27(32)35/h7-15,17-18,23-24,26,33,36H,5-6,16H2,1-4H3,(H,31,37)(H2,29,30,35). The largest absolute Gasteiger partial charge is 0.465 e. The zero-order chi connectivity index (χ0) is 30.7. The number of nitrogen functional groups attached to an aromatic ring is 1. The number of carbonyl (C=O) groups excluding carboxylic acids is 1. The first-order valence-corrected chi connectivity index (χ1v) is 15.2. The van der Waals surface area contributed by atoms with Gasteiger partial charge in [0.05, 0.1) is 12.7 Å². The van der Waals surface area contributed by atoms with Crippen molar-refractivity contribution in [1.82, 2.24) is 14.6 Å². The fourth-order valence-corrected chi connectivity index (χ4v) is 6.36. The summed E-state index contributed by atoms with van der Waals surface area (Å²) in [6.07, 6.45) is -2.66. The zero-order valence-electron chi connectivity index (χ0n) is 23.9. The normalized spacial score (nSPS) is 25.0. The first kappa shape index (κ1) is 31.6. The Hall–Kier alpha value is -3.32. The van der Waals surface area contributed by atoms with Gasteiger partial charge in [0.25, 0.3) is 0 Å². The molecule has 1 aliphatic rings. The molecule has 42 heavy (non-hydrogen) atoms. The van der Waals surface area contributed by atoms with E-state index in [4.69, 9.17) is 24.3 Å². The predicted octanol–water partition coefficient (Wildman–Crippen LogP) is 2.90. The van der Waals surface area contributed by atoms with Crippen LogP contribution in [0.2, 0.25) is 0 Å². The first-order valence-electron chi connectivity index (χ1n) is 13.7. The van der Waals surface area contributed by atoms with Gasteiger partial charge in [-0.15, -0.1) is 0 Å². The number of rotatable bonds is 12. The lowest BCUT2D eigenvalue weighted by atomic mass is 9.94. The molecule has 0 amide bonds. The number of nitrogens with two attached hydrogens (primary N) is 1. The molecule has 13 nitrogen and oxygen atoms in total. The number of aliphatic hydroxyl groups is 2. The van der Waals surface area contributed by atoms with Gasteiger partial charge in [0.2, 0.25) is 0 Å². The minimum absolute atomic E-state index is 0.0253. The Kier molecular flexibility index (Phi) is 9.71. The maximum atomic E-state index is 14.3. The molecule has 3 aromatic rings. The van der Waals surface area contributed by atoms with E-state index in [-0.39, 0.29) is 18.2 Å². The highest BCUT2D eigenvalue weighted by Gasteiger charge is 2.56. The molecule has 228 valence electrons. The number of esters is 1. The Morgan fingerprint density at radius 3 is 2.67 bits per heavy atom. The van der Waals surface area contributed by atoms with Gasteiger partial charge in [0, 0.05) is 11.6 Å². The van der Waals surface area contributed by atoms with Gasteiger partial charge >= 0.3 is 19.4 Å². The lowest BCUT2D eigenvalue weighted by Crippen LogP contribution is -2.47. The van der Waals surface area contributed by atoms with Crippen molar-refractivity contribution in [3.63, 3.8) is 0 Å². The van der Waals surface area contributed by atoms with Crippen molar-refractivity contribution >= 4 is 30.3 Å². The van der Waals surface area contributed by atoms with Crippen LogP contribution >= 0.6 is 7.75 Å². The van der Waals surface area contributed by atoms with Crippen LogP contribution in [0.4, 0.5) is 5.82 Å². The number of anilines is 1. The van der Waals surface area contributed by atoms with Crippen LogP contribution in [0.1, 0.15) is 46.8 Å². The number of aromatic nitrogens is 2. The van der Waals surface area contributed by atoms with Crippen molar-refractivity contribution in [1.29, 1.82) is 0 Å². The number of nitrogens with zero attached hydrogens (tertiary/aromatic N) is 2. The Balaban J connectivity index is 1.62. The van der Waals surface area contributed by atoms with Crippen LogP contribution in [0.3, 0.4) is 0 Å². The van der Waals surface area contributed by atoms with Crippen molar-refractivity contribution < 1.29 is 38.1 Å². The van der Waals surface area contributed by atoms with Crippen LogP contribution in [-0.4, -0.2) is 62.3 Å². The third kappa shape index (κ3) is 6.83. The smallest absolute Gasteiger partial charge is 0.459 e. The van der Waals surface area contributed by atoms with E-state index in [1.54, 1.807) is 24.3 Å². The van der Waals surface area contributed by atoms with Gasteiger partial charge in [-0.05, 0) is 44.7 Å². The highest BCUT2D eigenvalue weighted by atomic mass is 31.2. The SMILES string of the molecule is CCCCOC(=O)C(C)NP(=O)(Oc1cccc2ccccc12)OC(C)C1OC(n2ccc(N)nc2=O)C(C)(O)C1O. The molecule has 0 spiro atoms. The summed E-state index contributed by atoms with van der Waals surface area (Å²) >= 11 is 0. The average Bonchev–Trinajstić information content (AvgIpc) is 3.17. The molecule has 5 N–H and O–H groups in total. The molecule has 4 rings (SSSR count). The molecule has 7 unspecified atom stereocenters. The summed E-state index contributed by atoms with van der Waals surface area (Å²) < 4.78 is 38.3. The second kappa shape index (κ2) is 12.9. The van der Waals surface area contributed by atoms with Gasteiger partial charge in [0.15, 0.2) is 6.23 Å². The molecule has 14 heteroatoms. The minimum atomic E-state index is -4.40. The number of hydrogen-bond donors (Lipinski definition) is 4. The van der Waals surface area contributed by atoms with Gasteiger partial charge < -0.3 is 29.9 Å². The number of benzene rings is 2. The Morgan fingerprint density at radius 2 is 1.95 bits per heavy atom. The molecule has 7 atom stereocenters. The highest BCUT2D eigenvalue weighted by molar-refractivity contribution is 7.52. The summed E-state index contributed by atoms with van der Waals surface area (Å²) in [5.41, 5.74) is 2.80. The molecule has 1 fully saturated rings. The second-order valence-electron chi connectivity index (χ2n) is 10.4. The van der Waals surface area contributed by atoms with E-state index in [1.165, 1.54) is 33.0 Å². The van der Waals surface area contributed by atoms with Gasteiger partial charge in [-0.2, -0.15) is 10.1 Å². The lowest BCUT2D eigenvalue weighted by molar-refractivity contribution is -0.145. The maximum absolute atomic E-state index is 14.3. The number of aliphatic hydroxyl groups excluding tert-OH is 1. The zero-order valence-corrected chi connectivity index (χ0v) is 24.8. The van der Waals surface area contributed by atoms with E-state index >= 15 is 0 Å². The van der Waals surface area contributed by atoms with Crippen molar-refractivity contribution in [2.45, 2.75) is 76.7 Å². The first-order chi connectivity index (χ1) is 19.9. The number of carbonyl (C=O) groups is 1. The molecule has 0 bridgehead atoms. The fraction of sp³-hybridized carbons (Fsp3) is 0.464. The molecular weight excluding hydrogens is 567 g/mol. The highest BCUT2D eigenvalue weighted by Crippen LogP contribution is 2.50. The summed E-state index contributed by atoms with van der Waals surface area (Å²) in [5.74, 6) is -0.459. The molecular formula is C28H37N4O9P. The minimum Gasteiger partial charge on any atom is -0.465 e. The van der Waals surface area contributed by atoms with Crippen molar-refractivity contribution in [3.05, 3.63) is 65.2 Å². The lowest BCUT2D eigenvalue weighted by Gasteiger charge is -2.30. The number of ether oxygens (including phenoxy) is 2. The molecule has 1 aromatic heterocycles. The van der Waals surface area contributed by atoms with E-state index in [1.807, 2.05) is 25.1 Å². The quantitative estimate of drug-likeness (QED) is 0.135. The van der Waals surface area contributed by atoms with Crippen LogP contribution in [0.5, 0.6) is 5.75 Å². The maximum Gasteiger partial charge on any atom is 0.459 e. The van der Waals surface area contributed by atoms with Crippen molar-refractivity contribution in [2.24, 2.45) is 0 Å². The molecule has 1 saturated heterocycles. The molecule has 0 radical (unpaired) electrons. The summed E-state index contributed by atoms with van der Waals surface area (Å²) in [7, 11) is -4.40. The Labute approximate surface area is 243 Å². The predicted molar refractivity (Wildman–Crippen MR) is 155 cm³/mol. The van der Waals surface area contributed by atoms with Crippen LogP contribution in [-0.2, 0) is 23.4 Å². The van der Waals surface area contributed by atoms with Crippen LogP contribution in [0, 0.1) is 0 Å². The van der Waals surface area contributed by atoms with Gasteiger partial charge in [0.1, 0.15) is 35.4 Å². The summed E-state index contributed by atoms with van der Waals surface area (Å²) in [4.78, 5) is 28.7. The summed E-state index contributed by atoms with van der Waals surface area (Å²) in [6.45, 7) is 6.37. The number of nitrogens with one attached hydrogen (secondary N) is 1. The molecule has 0 aliphatic carbocycles. The fourth-order valence-electron chi connectivity index (χ4n) is 4.65. The van der Waals surface area contributed by atoms with Crippen LogP contribution in [0.25, 0.3) is 10.8 Å². The molecule has 0 saturated carbocycles. The molecule has 1 aliphatic heterocycles. The van der Waals surface area contributed by atoms with Crippen molar-refractivity contribution in [2.75, 3.05) is 12.3 Å². The van der Waals surface area contributed by atoms with Gasteiger partial charge in [-0.3, -0.25) is 13.9 Å². The monoisotopic (exact) mass is 604 g/mol. The van der Waals surface area contributed by atoms with E-state index in [9.17, 15) is 24.4 Å². The molecule has 2 heterocycles. The summed E-state index contributed by atoms with van der Waals surface area (Å²) in [5, 5.41) is 26.3. The number of unbranched alkanes of at least 4 members (excludes halogenated alkanes) is 1. The van der Waals surface area contributed by atoms with Crippen LogP contribution in [0.15, 0.2) is 59.5 Å². The van der Waals surface area contributed by atoms with E-state index < -0.39 is 55.6 Å². The van der Waals surface area contributed by atoms with Gasteiger partial charge in [-0.1, -0.05) is 49.7 Å². The number of hydrogen-bond acceptors (Lipinski definition) is 11. The van der Waals surface area contributed by atoms with Crippen LogP contribution < -0.4 is 21.0 Å². The van der Waals surface area contributed by atoms with Crippen molar-refractivity contribution in [3.8, 4) is 5.75 Å². The van der Waals surface area contributed by atoms with E-state index in [2.05, 4.69) is 10.1 Å². The van der Waals surface area contributed by atoms with E-state index in [0.717, 1.165) is 16.4 Å². The third-order valence-corrected chi connectivity index (χ3v) is 8.73. The second-order valence-corrected chi connectivity index (χ2v) is 12.1. The third-order valence-electron chi connectivity index (χ3n) is 6.98. The topological polar surface area (TPSA) is 184 Å². The molecule has 2 aromatic carbocycles. The average molecular weight is 605 g/mol. The van der Waals surface area contributed by atoms with E-state index in [0.29, 0.717) is 11.8 Å². The Morgan fingerprint density at radius 1 is 1.24 bits per heavy atom. The number of fused-ring (bicyclic) bond motifs is 1.